The monoisotopic (exact) mass is 302 g/mol. The Hall–Kier alpha value is -1.40. The smallest absolute Gasteiger partial charge is 0.326 e. The molecular weight excluding hydrogens is 288 g/mol. The molecular formula is C11H15BrN2O3. The van der Waals surface area contributed by atoms with Crippen LogP contribution < -0.4 is 11.1 Å². The van der Waals surface area contributed by atoms with Gasteiger partial charge in [-0.3, -0.25) is 4.79 Å². The van der Waals surface area contributed by atoms with Gasteiger partial charge in [-0.05, 0) is 5.56 Å². The van der Waals surface area contributed by atoms with E-state index < -0.39 is 17.9 Å². The SMILES string of the molecule is Br.NCC(=O)NC(Cc1ccccc1)C(=O)O. The maximum atomic E-state index is 11.0. The van der Waals surface area contributed by atoms with Gasteiger partial charge in [0, 0.05) is 6.42 Å². The Morgan fingerprint density at radius 3 is 2.35 bits per heavy atom. The number of hydrogen-bond donors (Lipinski definition) is 3. The number of aliphatic carboxylic acids is 1. The zero-order valence-electron chi connectivity index (χ0n) is 9.13. The van der Waals surface area contributed by atoms with E-state index in [0.717, 1.165) is 5.56 Å². The molecule has 0 aliphatic heterocycles. The van der Waals surface area contributed by atoms with Crippen molar-refractivity contribution in [2.45, 2.75) is 12.5 Å². The first-order chi connectivity index (χ1) is 7.63. The van der Waals surface area contributed by atoms with Gasteiger partial charge in [0.1, 0.15) is 6.04 Å². The molecule has 0 spiro atoms. The zero-order chi connectivity index (χ0) is 12.0. The van der Waals surface area contributed by atoms with Gasteiger partial charge in [0.05, 0.1) is 6.54 Å². The van der Waals surface area contributed by atoms with E-state index >= 15 is 0 Å². The van der Waals surface area contributed by atoms with Crippen molar-refractivity contribution in [2.24, 2.45) is 5.73 Å². The van der Waals surface area contributed by atoms with Crippen molar-refractivity contribution in [1.82, 2.24) is 5.32 Å². The molecule has 0 aliphatic carbocycles. The predicted molar refractivity (Wildman–Crippen MR) is 69.1 cm³/mol. The standard InChI is InChI=1S/C11H14N2O3.BrH/c12-7-10(14)13-9(11(15)16)6-8-4-2-1-3-5-8;/h1-5,9H,6-7,12H2,(H,13,14)(H,15,16);1H. The van der Waals surface area contributed by atoms with Gasteiger partial charge >= 0.3 is 5.97 Å². The van der Waals surface area contributed by atoms with Crippen molar-refractivity contribution in [3.05, 3.63) is 35.9 Å². The number of carboxylic acids is 1. The average molecular weight is 303 g/mol. The number of carboxylic acid groups (broad SMARTS) is 1. The Kier molecular flexibility index (Phi) is 7.16. The molecule has 94 valence electrons. The third-order valence-electron chi connectivity index (χ3n) is 2.10. The molecule has 5 nitrogen and oxygen atoms in total. The van der Waals surface area contributed by atoms with Crippen LogP contribution in [0.4, 0.5) is 0 Å². The maximum absolute atomic E-state index is 11.0. The largest absolute Gasteiger partial charge is 0.480 e. The molecule has 0 heterocycles. The Balaban J connectivity index is 0.00000256. The molecule has 17 heavy (non-hydrogen) atoms. The molecule has 0 aliphatic rings. The minimum absolute atomic E-state index is 0. The van der Waals surface area contributed by atoms with E-state index in [2.05, 4.69) is 5.32 Å². The van der Waals surface area contributed by atoms with Crippen LogP contribution in [0.3, 0.4) is 0 Å². The fraction of sp³-hybridized carbons (Fsp3) is 0.273. The van der Waals surface area contributed by atoms with Gasteiger partial charge in [0.2, 0.25) is 5.91 Å². The number of amides is 1. The van der Waals surface area contributed by atoms with Crippen molar-refractivity contribution in [3.63, 3.8) is 0 Å². The lowest BCUT2D eigenvalue weighted by Gasteiger charge is -2.13. The van der Waals surface area contributed by atoms with Crippen molar-refractivity contribution >= 4 is 28.9 Å². The molecule has 0 aromatic heterocycles. The van der Waals surface area contributed by atoms with Crippen LogP contribution in [-0.4, -0.2) is 29.6 Å². The first kappa shape index (κ1) is 15.6. The number of hydrogen-bond acceptors (Lipinski definition) is 3. The highest BCUT2D eigenvalue weighted by atomic mass is 79.9. The maximum Gasteiger partial charge on any atom is 0.326 e. The van der Waals surface area contributed by atoms with E-state index in [1.54, 1.807) is 0 Å². The van der Waals surface area contributed by atoms with Crippen molar-refractivity contribution in [1.29, 1.82) is 0 Å². The predicted octanol–water partition coefficient (Wildman–Crippen LogP) is 0.335. The van der Waals surface area contributed by atoms with Gasteiger partial charge in [0.25, 0.3) is 0 Å². The summed E-state index contributed by atoms with van der Waals surface area (Å²) in [7, 11) is 0. The number of nitrogens with one attached hydrogen (secondary N) is 1. The number of nitrogens with two attached hydrogens (primary N) is 1. The quantitative estimate of drug-likeness (QED) is 0.731. The average Bonchev–Trinajstić information content (AvgIpc) is 2.29. The number of rotatable bonds is 5. The molecule has 1 aromatic carbocycles. The van der Waals surface area contributed by atoms with E-state index in [1.807, 2.05) is 30.3 Å². The summed E-state index contributed by atoms with van der Waals surface area (Å²) in [6.07, 6.45) is 0.252. The summed E-state index contributed by atoms with van der Waals surface area (Å²) in [5.74, 6) is -1.53. The lowest BCUT2D eigenvalue weighted by molar-refractivity contribution is -0.141. The van der Waals surface area contributed by atoms with Gasteiger partial charge in [-0.1, -0.05) is 30.3 Å². The van der Waals surface area contributed by atoms with E-state index in [-0.39, 0.29) is 29.9 Å². The summed E-state index contributed by atoms with van der Waals surface area (Å²) in [5.41, 5.74) is 5.96. The second kappa shape index (κ2) is 7.81. The lowest BCUT2D eigenvalue weighted by atomic mass is 10.1. The molecule has 4 N–H and O–H groups in total. The fourth-order valence-electron chi connectivity index (χ4n) is 1.30. The first-order valence-electron chi connectivity index (χ1n) is 4.89. The Morgan fingerprint density at radius 1 is 1.29 bits per heavy atom. The Bertz CT molecular complexity index is 370. The minimum Gasteiger partial charge on any atom is -0.480 e. The molecule has 0 radical (unpaired) electrons. The van der Waals surface area contributed by atoms with Crippen LogP contribution in [0.25, 0.3) is 0 Å². The number of carbonyl (C=O) groups excluding carboxylic acids is 1. The molecule has 1 amide bonds. The van der Waals surface area contributed by atoms with Gasteiger partial charge < -0.3 is 16.2 Å². The molecule has 0 saturated carbocycles. The molecule has 1 atom stereocenters. The van der Waals surface area contributed by atoms with Crippen LogP contribution in [-0.2, 0) is 16.0 Å². The highest BCUT2D eigenvalue weighted by Gasteiger charge is 2.19. The van der Waals surface area contributed by atoms with Crippen LogP contribution in [0.15, 0.2) is 30.3 Å². The summed E-state index contributed by atoms with van der Waals surface area (Å²) in [5, 5.41) is 11.3. The highest BCUT2D eigenvalue weighted by molar-refractivity contribution is 8.93. The summed E-state index contributed by atoms with van der Waals surface area (Å²) in [6.45, 7) is -0.210. The fourth-order valence-corrected chi connectivity index (χ4v) is 1.30. The normalized spacial score (nSPS) is 11.1. The van der Waals surface area contributed by atoms with Crippen molar-refractivity contribution in [3.8, 4) is 0 Å². The zero-order valence-corrected chi connectivity index (χ0v) is 10.8. The van der Waals surface area contributed by atoms with Gasteiger partial charge in [-0.15, -0.1) is 17.0 Å². The molecule has 1 unspecified atom stereocenters. The van der Waals surface area contributed by atoms with E-state index in [1.165, 1.54) is 0 Å². The third kappa shape index (κ3) is 5.46. The van der Waals surface area contributed by atoms with Crippen LogP contribution in [0, 0.1) is 0 Å². The van der Waals surface area contributed by atoms with Crippen molar-refractivity contribution < 1.29 is 14.7 Å². The van der Waals surface area contributed by atoms with Crippen LogP contribution in [0.5, 0.6) is 0 Å². The van der Waals surface area contributed by atoms with E-state index in [4.69, 9.17) is 10.8 Å². The van der Waals surface area contributed by atoms with Gasteiger partial charge in [0.15, 0.2) is 0 Å². The summed E-state index contributed by atoms with van der Waals surface area (Å²) in [4.78, 5) is 21.9. The minimum atomic E-state index is -1.06. The van der Waals surface area contributed by atoms with E-state index in [0.29, 0.717) is 0 Å². The second-order valence-electron chi connectivity index (χ2n) is 3.35. The Labute approximate surface area is 110 Å². The molecule has 1 aromatic rings. The van der Waals surface area contributed by atoms with Crippen LogP contribution >= 0.6 is 17.0 Å². The summed E-state index contributed by atoms with van der Waals surface area (Å²) in [6, 6.07) is 8.17. The topological polar surface area (TPSA) is 92.4 Å². The van der Waals surface area contributed by atoms with Crippen LogP contribution in [0.2, 0.25) is 0 Å². The number of carbonyl (C=O) groups is 2. The highest BCUT2D eigenvalue weighted by Crippen LogP contribution is 2.03. The molecule has 0 bridgehead atoms. The van der Waals surface area contributed by atoms with Crippen molar-refractivity contribution in [2.75, 3.05) is 6.54 Å². The summed E-state index contributed by atoms with van der Waals surface area (Å²) >= 11 is 0. The lowest BCUT2D eigenvalue weighted by Crippen LogP contribution is -2.44. The summed E-state index contributed by atoms with van der Waals surface area (Å²) < 4.78 is 0. The second-order valence-corrected chi connectivity index (χ2v) is 3.35. The van der Waals surface area contributed by atoms with Crippen LogP contribution in [0.1, 0.15) is 5.56 Å². The molecule has 0 saturated heterocycles. The molecule has 1 rings (SSSR count). The number of halogens is 1. The van der Waals surface area contributed by atoms with E-state index in [9.17, 15) is 9.59 Å². The number of benzene rings is 1. The first-order valence-corrected chi connectivity index (χ1v) is 4.89. The molecule has 6 heteroatoms. The third-order valence-corrected chi connectivity index (χ3v) is 2.10. The molecule has 0 fully saturated rings. The Morgan fingerprint density at radius 2 is 1.88 bits per heavy atom. The van der Waals surface area contributed by atoms with Gasteiger partial charge in [-0.2, -0.15) is 0 Å². The van der Waals surface area contributed by atoms with Gasteiger partial charge in [-0.25, -0.2) is 4.79 Å².